The summed E-state index contributed by atoms with van der Waals surface area (Å²) in [7, 11) is 3.04. The molecule has 1 aromatic rings. The lowest BCUT2D eigenvalue weighted by molar-refractivity contribution is -0.128. The number of hydrogen-bond acceptors (Lipinski definition) is 4. The number of carbonyl (C=O) groups is 1. The average molecular weight is 397 g/mol. The van der Waals surface area contributed by atoms with Gasteiger partial charge in [-0.2, -0.15) is 0 Å². The standard InChI is InChI=1S/C13H15BrClNO4S/c1-8(17)16-5-3-9-7-11(14)12(20-2)13(21(15,18)19)10(9)4-6-16/h7H,3-6H2,1-2H3. The average Bonchev–Trinajstić information content (AvgIpc) is 2.58. The lowest BCUT2D eigenvalue weighted by atomic mass is 10.0. The first-order valence-corrected chi connectivity index (χ1v) is 9.44. The maximum absolute atomic E-state index is 11.9. The highest BCUT2D eigenvalue weighted by Gasteiger charge is 2.28. The van der Waals surface area contributed by atoms with Crippen LogP contribution in [0, 0.1) is 0 Å². The number of benzene rings is 1. The molecule has 1 heterocycles. The van der Waals surface area contributed by atoms with Crippen molar-refractivity contribution in [1.82, 2.24) is 4.90 Å². The van der Waals surface area contributed by atoms with Crippen LogP contribution in [0.5, 0.6) is 5.75 Å². The maximum Gasteiger partial charge on any atom is 0.265 e. The zero-order valence-electron chi connectivity index (χ0n) is 11.7. The summed E-state index contributed by atoms with van der Waals surface area (Å²) >= 11 is 3.32. The van der Waals surface area contributed by atoms with E-state index in [0.717, 1.165) is 5.56 Å². The van der Waals surface area contributed by atoms with E-state index in [0.29, 0.717) is 36.0 Å². The van der Waals surface area contributed by atoms with Gasteiger partial charge in [0.2, 0.25) is 5.91 Å². The van der Waals surface area contributed by atoms with Gasteiger partial charge < -0.3 is 9.64 Å². The van der Waals surface area contributed by atoms with E-state index in [9.17, 15) is 13.2 Å². The number of amides is 1. The fraction of sp³-hybridized carbons (Fsp3) is 0.462. The molecule has 1 aliphatic heterocycles. The zero-order valence-corrected chi connectivity index (χ0v) is 14.8. The second-order valence-corrected chi connectivity index (χ2v) is 8.16. The van der Waals surface area contributed by atoms with Crippen LogP contribution in [0.3, 0.4) is 0 Å². The first-order valence-electron chi connectivity index (χ1n) is 6.34. The van der Waals surface area contributed by atoms with Crippen LogP contribution in [0.25, 0.3) is 0 Å². The van der Waals surface area contributed by atoms with E-state index in [-0.39, 0.29) is 16.6 Å². The molecule has 0 aromatic heterocycles. The van der Waals surface area contributed by atoms with Crippen LogP contribution >= 0.6 is 26.6 Å². The minimum absolute atomic E-state index is 0.00134. The molecule has 2 rings (SSSR count). The van der Waals surface area contributed by atoms with E-state index >= 15 is 0 Å². The van der Waals surface area contributed by atoms with Crippen LogP contribution in [0.4, 0.5) is 0 Å². The molecule has 0 radical (unpaired) electrons. The number of methoxy groups -OCH3 is 1. The maximum atomic E-state index is 11.9. The van der Waals surface area contributed by atoms with E-state index < -0.39 is 9.05 Å². The Hall–Kier alpha value is -0.790. The van der Waals surface area contributed by atoms with Gasteiger partial charge >= 0.3 is 0 Å². The summed E-state index contributed by atoms with van der Waals surface area (Å²) in [5, 5.41) is 0. The monoisotopic (exact) mass is 395 g/mol. The van der Waals surface area contributed by atoms with Crippen LogP contribution in [0.2, 0.25) is 0 Å². The Balaban J connectivity index is 2.62. The minimum atomic E-state index is -3.95. The predicted octanol–water partition coefficient (Wildman–Crippen LogP) is 2.33. The van der Waals surface area contributed by atoms with Gasteiger partial charge in [0.25, 0.3) is 9.05 Å². The molecular formula is C13H15BrClNO4S. The highest BCUT2D eigenvalue weighted by molar-refractivity contribution is 9.10. The largest absolute Gasteiger partial charge is 0.494 e. The topological polar surface area (TPSA) is 63.7 Å². The SMILES string of the molecule is COc1c(Br)cc2c(c1S(=O)(=O)Cl)CCN(C(C)=O)CC2. The molecule has 1 aromatic carbocycles. The van der Waals surface area contributed by atoms with Crippen molar-refractivity contribution in [2.45, 2.75) is 24.7 Å². The second kappa shape index (κ2) is 6.14. The molecule has 0 fully saturated rings. The van der Waals surface area contributed by atoms with Gasteiger partial charge in [-0.15, -0.1) is 0 Å². The molecular weight excluding hydrogens is 382 g/mol. The van der Waals surface area contributed by atoms with Gasteiger partial charge in [0.05, 0.1) is 11.6 Å². The lowest BCUT2D eigenvalue weighted by Crippen LogP contribution is -2.31. The Bertz CT molecular complexity index is 690. The Morgan fingerprint density at radius 3 is 2.52 bits per heavy atom. The molecule has 0 saturated heterocycles. The smallest absolute Gasteiger partial charge is 0.265 e. The summed E-state index contributed by atoms with van der Waals surface area (Å²) in [6, 6.07) is 1.84. The Morgan fingerprint density at radius 1 is 1.38 bits per heavy atom. The zero-order chi connectivity index (χ0) is 15.8. The van der Waals surface area contributed by atoms with E-state index in [2.05, 4.69) is 15.9 Å². The number of rotatable bonds is 2. The van der Waals surface area contributed by atoms with Gasteiger partial charge in [-0.3, -0.25) is 4.79 Å². The van der Waals surface area contributed by atoms with E-state index in [1.165, 1.54) is 14.0 Å². The van der Waals surface area contributed by atoms with Crippen molar-refractivity contribution < 1.29 is 17.9 Å². The van der Waals surface area contributed by atoms with Crippen molar-refractivity contribution >= 4 is 41.6 Å². The van der Waals surface area contributed by atoms with Gasteiger partial charge in [-0.05, 0) is 46.0 Å². The first-order chi connectivity index (χ1) is 9.75. The van der Waals surface area contributed by atoms with Crippen LogP contribution in [-0.4, -0.2) is 39.4 Å². The summed E-state index contributed by atoms with van der Waals surface area (Å²) in [6.07, 6.45) is 1.01. The molecule has 0 spiro atoms. The molecule has 0 aliphatic carbocycles. The highest BCUT2D eigenvalue weighted by atomic mass is 79.9. The van der Waals surface area contributed by atoms with Gasteiger partial charge in [0.1, 0.15) is 4.90 Å². The van der Waals surface area contributed by atoms with Gasteiger partial charge in [-0.1, -0.05) is 0 Å². The molecule has 0 atom stereocenters. The van der Waals surface area contributed by atoms with E-state index in [4.69, 9.17) is 15.4 Å². The first kappa shape index (κ1) is 16.6. The minimum Gasteiger partial charge on any atom is -0.494 e. The van der Waals surface area contributed by atoms with Crippen molar-refractivity contribution in [3.8, 4) is 5.75 Å². The molecule has 5 nitrogen and oxygen atoms in total. The Morgan fingerprint density at radius 2 is 2.00 bits per heavy atom. The molecule has 0 bridgehead atoms. The van der Waals surface area contributed by atoms with E-state index in [1.54, 1.807) is 4.90 Å². The third-order valence-electron chi connectivity index (χ3n) is 3.56. The number of halogens is 2. The summed E-state index contributed by atoms with van der Waals surface area (Å²) < 4.78 is 29.6. The fourth-order valence-electron chi connectivity index (χ4n) is 2.57. The number of carbonyl (C=O) groups excluding carboxylic acids is 1. The third kappa shape index (κ3) is 3.35. The van der Waals surface area contributed by atoms with Crippen LogP contribution in [0.15, 0.2) is 15.4 Å². The third-order valence-corrected chi connectivity index (χ3v) is 5.53. The van der Waals surface area contributed by atoms with Crippen molar-refractivity contribution in [3.63, 3.8) is 0 Å². The van der Waals surface area contributed by atoms with Crippen molar-refractivity contribution in [2.24, 2.45) is 0 Å². The molecule has 116 valence electrons. The van der Waals surface area contributed by atoms with Crippen molar-refractivity contribution in [2.75, 3.05) is 20.2 Å². The van der Waals surface area contributed by atoms with Crippen LogP contribution in [0.1, 0.15) is 18.1 Å². The molecule has 1 aliphatic rings. The quantitative estimate of drug-likeness (QED) is 0.720. The van der Waals surface area contributed by atoms with Crippen molar-refractivity contribution in [1.29, 1.82) is 0 Å². The van der Waals surface area contributed by atoms with Crippen LogP contribution in [-0.2, 0) is 26.7 Å². The predicted molar refractivity (Wildman–Crippen MR) is 83.4 cm³/mol. The number of fused-ring (bicyclic) bond motifs is 1. The summed E-state index contributed by atoms with van der Waals surface area (Å²) in [4.78, 5) is 13.2. The molecule has 0 N–H and O–H groups in total. The molecule has 21 heavy (non-hydrogen) atoms. The molecule has 0 unspecified atom stereocenters. The Kier molecular flexibility index (Phi) is 4.85. The highest BCUT2D eigenvalue weighted by Crippen LogP contribution is 2.40. The molecule has 1 amide bonds. The second-order valence-electron chi connectivity index (χ2n) is 4.80. The van der Waals surface area contributed by atoms with Gasteiger partial charge in [0.15, 0.2) is 5.75 Å². The summed E-state index contributed by atoms with van der Waals surface area (Å²) in [6.45, 7) is 2.53. The summed E-state index contributed by atoms with van der Waals surface area (Å²) in [5.74, 6) is 0.184. The van der Waals surface area contributed by atoms with Crippen molar-refractivity contribution in [3.05, 3.63) is 21.7 Å². The number of nitrogens with zero attached hydrogens (tertiary/aromatic N) is 1. The van der Waals surface area contributed by atoms with Crippen LogP contribution < -0.4 is 4.74 Å². The summed E-state index contributed by atoms with van der Waals surface area (Å²) in [5.41, 5.74) is 1.50. The lowest BCUT2D eigenvalue weighted by Gasteiger charge is -2.17. The normalized spacial score (nSPS) is 15.3. The fourth-order valence-corrected chi connectivity index (χ4v) is 4.77. The van der Waals surface area contributed by atoms with E-state index in [1.807, 2.05) is 6.07 Å². The van der Waals surface area contributed by atoms with Gasteiger partial charge in [0, 0.05) is 30.7 Å². The number of hydrogen-bond donors (Lipinski definition) is 0. The molecule has 0 saturated carbocycles. The number of ether oxygens (including phenoxy) is 1. The van der Waals surface area contributed by atoms with Gasteiger partial charge in [-0.25, -0.2) is 8.42 Å². The Labute approximate surface area is 136 Å². The molecule has 8 heteroatoms.